The van der Waals surface area contributed by atoms with E-state index in [2.05, 4.69) is 20.4 Å². The van der Waals surface area contributed by atoms with E-state index in [0.717, 1.165) is 32.5 Å². The lowest BCUT2D eigenvalue weighted by Crippen LogP contribution is -2.42. The van der Waals surface area contributed by atoms with E-state index < -0.39 is 0 Å². The first kappa shape index (κ1) is 18.6. The number of hydrogen-bond acceptors (Lipinski definition) is 6. The van der Waals surface area contributed by atoms with Gasteiger partial charge in [0, 0.05) is 37.9 Å². The zero-order valence-corrected chi connectivity index (χ0v) is 16.9. The van der Waals surface area contributed by atoms with Crippen molar-refractivity contribution in [3.8, 4) is 0 Å². The normalized spacial score (nSPS) is 35.4. The van der Waals surface area contributed by atoms with E-state index in [1.54, 1.807) is 0 Å². The summed E-state index contributed by atoms with van der Waals surface area (Å²) in [6, 6.07) is 0. The molecule has 3 aliphatic heterocycles. The number of nitrogens with zero attached hydrogens (tertiary/aromatic N) is 3. The maximum Gasteiger partial charge on any atom is 0.240 e. The van der Waals surface area contributed by atoms with Gasteiger partial charge in [0.1, 0.15) is 0 Å². The van der Waals surface area contributed by atoms with Crippen molar-refractivity contribution in [2.75, 3.05) is 19.6 Å². The Bertz CT molecular complexity index is 716. The second kappa shape index (κ2) is 7.41. The van der Waals surface area contributed by atoms with Crippen LogP contribution in [-0.2, 0) is 16.1 Å². The first-order valence-electron chi connectivity index (χ1n) is 11.1. The number of aromatic nitrogens is 2. The van der Waals surface area contributed by atoms with Crippen molar-refractivity contribution in [3.05, 3.63) is 11.7 Å². The summed E-state index contributed by atoms with van der Waals surface area (Å²) in [5, 5.41) is 7.15. The van der Waals surface area contributed by atoms with Gasteiger partial charge in [-0.15, -0.1) is 0 Å². The second-order valence-electron chi connectivity index (χ2n) is 9.45. The van der Waals surface area contributed by atoms with Crippen molar-refractivity contribution < 1.29 is 14.1 Å². The topological polar surface area (TPSA) is 80.5 Å². The third-order valence-electron chi connectivity index (χ3n) is 7.52. The molecule has 4 atom stereocenters. The molecule has 0 aromatic carbocycles. The molecule has 4 aliphatic rings. The maximum absolute atomic E-state index is 12.5. The van der Waals surface area contributed by atoms with Crippen LogP contribution in [0.1, 0.15) is 63.1 Å². The van der Waals surface area contributed by atoms with E-state index in [0.29, 0.717) is 48.5 Å². The van der Waals surface area contributed by atoms with Crippen molar-refractivity contribution in [2.24, 2.45) is 17.8 Å². The van der Waals surface area contributed by atoms with Crippen LogP contribution in [0.5, 0.6) is 0 Å². The quantitative estimate of drug-likeness (QED) is 0.806. The van der Waals surface area contributed by atoms with E-state index in [1.807, 2.05) is 6.92 Å². The second-order valence-corrected chi connectivity index (χ2v) is 9.45. The standard InChI is InChI=1S/C21H32N4O3/c1-14-23-20(28-24-14)12-25-11-17-16(18-7-8-21(17,13-25)27-18)10-22-19(26)9-15-5-3-2-4-6-15/h15-18H,2-13H2,1H3,(H,22,26)/t16-,17+,18+,21+/m0/s1. The summed E-state index contributed by atoms with van der Waals surface area (Å²) >= 11 is 0. The molecule has 4 heterocycles. The highest BCUT2D eigenvalue weighted by molar-refractivity contribution is 5.76. The van der Waals surface area contributed by atoms with Gasteiger partial charge < -0.3 is 14.6 Å². The Morgan fingerprint density at radius 1 is 1.29 bits per heavy atom. The summed E-state index contributed by atoms with van der Waals surface area (Å²) in [7, 11) is 0. The molecule has 3 saturated heterocycles. The molecule has 4 fully saturated rings. The van der Waals surface area contributed by atoms with Gasteiger partial charge in [0.2, 0.25) is 11.8 Å². The molecule has 7 heteroatoms. The van der Waals surface area contributed by atoms with Crippen LogP contribution in [0.2, 0.25) is 0 Å². The average molecular weight is 389 g/mol. The van der Waals surface area contributed by atoms with Gasteiger partial charge in [0.05, 0.1) is 18.2 Å². The highest BCUT2D eigenvalue weighted by atomic mass is 16.5. The van der Waals surface area contributed by atoms with Crippen LogP contribution >= 0.6 is 0 Å². The van der Waals surface area contributed by atoms with Crippen LogP contribution < -0.4 is 5.32 Å². The number of amides is 1. The minimum absolute atomic E-state index is 0.0293. The summed E-state index contributed by atoms with van der Waals surface area (Å²) in [5.41, 5.74) is -0.0293. The predicted molar refractivity (Wildman–Crippen MR) is 102 cm³/mol. The number of fused-ring (bicyclic) bond motifs is 1. The van der Waals surface area contributed by atoms with Crippen molar-refractivity contribution in [3.63, 3.8) is 0 Å². The van der Waals surface area contributed by atoms with E-state index >= 15 is 0 Å². The summed E-state index contributed by atoms with van der Waals surface area (Å²) in [5.74, 6) is 3.11. The van der Waals surface area contributed by atoms with Gasteiger partial charge in [-0.2, -0.15) is 4.98 Å². The van der Waals surface area contributed by atoms with E-state index in [-0.39, 0.29) is 11.5 Å². The number of hydrogen-bond donors (Lipinski definition) is 1. The van der Waals surface area contributed by atoms with Crippen LogP contribution in [0.4, 0.5) is 0 Å². The summed E-state index contributed by atoms with van der Waals surface area (Å²) < 4.78 is 11.8. The molecular formula is C21H32N4O3. The monoisotopic (exact) mass is 388 g/mol. The molecule has 154 valence electrons. The highest BCUT2D eigenvalue weighted by Gasteiger charge is 2.62. The average Bonchev–Trinajstić information content (AvgIpc) is 3.42. The van der Waals surface area contributed by atoms with Crippen molar-refractivity contribution in [2.45, 2.75) is 76.5 Å². The number of aryl methyl sites for hydroxylation is 1. The van der Waals surface area contributed by atoms with Gasteiger partial charge in [0.15, 0.2) is 5.82 Å². The summed E-state index contributed by atoms with van der Waals surface area (Å²) in [6.45, 7) is 5.22. The van der Waals surface area contributed by atoms with Crippen LogP contribution in [-0.4, -0.2) is 52.3 Å². The Hall–Kier alpha value is -1.47. The smallest absolute Gasteiger partial charge is 0.240 e. The van der Waals surface area contributed by atoms with Crippen LogP contribution in [0.25, 0.3) is 0 Å². The fourth-order valence-electron chi connectivity index (χ4n) is 6.23. The largest absolute Gasteiger partial charge is 0.370 e. The fourth-order valence-corrected chi connectivity index (χ4v) is 6.23. The number of nitrogens with one attached hydrogen (secondary N) is 1. The first-order valence-corrected chi connectivity index (χ1v) is 11.1. The lowest BCUT2D eigenvalue weighted by molar-refractivity contribution is -0.122. The molecule has 28 heavy (non-hydrogen) atoms. The molecule has 1 amide bonds. The molecule has 2 bridgehead atoms. The van der Waals surface area contributed by atoms with Gasteiger partial charge in [-0.25, -0.2) is 0 Å². The van der Waals surface area contributed by atoms with Gasteiger partial charge in [-0.3, -0.25) is 9.69 Å². The molecule has 1 saturated carbocycles. The number of carbonyl (C=O) groups is 1. The number of likely N-dealkylation sites (tertiary alicyclic amines) is 1. The Balaban J connectivity index is 1.16. The zero-order valence-electron chi connectivity index (χ0n) is 16.9. The molecule has 1 spiro atoms. The lowest BCUT2D eigenvalue weighted by atomic mass is 9.73. The Morgan fingerprint density at radius 3 is 2.93 bits per heavy atom. The molecule has 1 aromatic heterocycles. The number of carbonyl (C=O) groups excluding carboxylic acids is 1. The molecule has 1 aliphatic carbocycles. The fraction of sp³-hybridized carbons (Fsp3) is 0.857. The molecule has 1 N–H and O–H groups in total. The zero-order chi connectivity index (χ0) is 19.1. The van der Waals surface area contributed by atoms with Gasteiger partial charge in [-0.1, -0.05) is 24.4 Å². The van der Waals surface area contributed by atoms with Gasteiger partial charge >= 0.3 is 0 Å². The van der Waals surface area contributed by atoms with Gasteiger partial charge in [-0.05, 0) is 38.5 Å². The highest BCUT2D eigenvalue weighted by Crippen LogP contribution is 2.54. The lowest BCUT2D eigenvalue weighted by Gasteiger charge is -2.30. The van der Waals surface area contributed by atoms with Crippen LogP contribution in [0.3, 0.4) is 0 Å². The Kier molecular flexibility index (Phi) is 4.91. The first-order chi connectivity index (χ1) is 13.6. The minimum Gasteiger partial charge on any atom is -0.370 e. The maximum atomic E-state index is 12.5. The third kappa shape index (κ3) is 3.47. The SMILES string of the molecule is Cc1noc(CN2C[C@@H]3[C@H](CNC(=O)CC4CCCCC4)[C@H]4CC[C@]3(C2)O4)n1. The van der Waals surface area contributed by atoms with Crippen LogP contribution in [0, 0.1) is 24.7 Å². The Labute approximate surface area is 166 Å². The van der Waals surface area contributed by atoms with Gasteiger partial charge in [0.25, 0.3) is 0 Å². The van der Waals surface area contributed by atoms with E-state index in [4.69, 9.17) is 9.26 Å². The third-order valence-corrected chi connectivity index (χ3v) is 7.52. The van der Waals surface area contributed by atoms with Crippen molar-refractivity contribution in [1.29, 1.82) is 0 Å². The summed E-state index contributed by atoms with van der Waals surface area (Å²) in [4.78, 5) is 19.2. The molecular weight excluding hydrogens is 356 g/mol. The molecule has 7 nitrogen and oxygen atoms in total. The Morgan fingerprint density at radius 2 is 2.14 bits per heavy atom. The number of ether oxygens (including phenoxy) is 1. The van der Waals surface area contributed by atoms with Crippen molar-refractivity contribution >= 4 is 5.91 Å². The molecule has 5 rings (SSSR count). The van der Waals surface area contributed by atoms with E-state index in [9.17, 15) is 4.79 Å². The number of rotatable bonds is 6. The predicted octanol–water partition coefficient (Wildman–Crippen LogP) is 2.44. The molecule has 0 radical (unpaired) electrons. The van der Waals surface area contributed by atoms with E-state index in [1.165, 1.54) is 32.1 Å². The van der Waals surface area contributed by atoms with Crippen LogP contribution in [0.15, 0.2) is 4.52 Å². The van der Waals surface area contributed by atoms with Crippen molar-refractivity contribution in [1.82, 2.24) is 20.4 Å². The minimum atomic E-state index is -0.0293. The molecule has 0 unspecified atom stereocenters. The molecule has 1 aromatic rings. The summed E-state index contributed by atoms with van der Waals surface area (Å²) in [6.07, 6.45) is 9.62.